The number of sulfone groups is 1. The first-order valence-corrected chi connectivity index (χ1v) is 6.00. The number of hydrogen-bond donors (Lipinski definition) is 1. The first-order valence-electron chi connectivity index (χ1n) is 4.18. The van der Waals surface area contributed by atoms with Gasteiger partial charge in [0.25, 0.3) is 0 Å². The summed E-state index contributed by atoms with van der Waals surface area (Å²) in [7, 11) is -3.05. The molecular formula is C8H13NO3S. The maximum absolute atomic E-state index is 11.2. The highest BCUT2D eigenvalue weighted by Crippen LogP contribution is 2.38. The molecule has 0 saturated carbocycles. The smallest absolute Gasteiger partial charge is 0.151 e. The summed E-state index contributed by atoms with van der Waals surface area (Å²) in [6.07, 6.45) is 0.355. The molecule has 74 valence electrons. The molecule has 0 aromatic rings. The van der Waals surface area contributed by atoms with Crippen molar-refractivity contribution in [3.05, 3.63) is 0 Å². The van der Waals surface area contributed by atoms with Crippen molar-refractivity contribution >= 4 is 9.84 Å². The molecule has 1 aliphatic heterocycles. The molecule has 2 unspecified atom stereocenters. The van der Waals surface area contributed by atoms with Crippen LogP contribution in [0.2, 0.25) is 0 Å². The number of hydrogen-bond acceptors (Lipinski definition) is 4. The van der Waals surface area contributed by atoms with Gasteiger partial charge in [0.05, 0.1) is 23.0 Å². The summed E-state index contributed by atoms with van der Waals surface area (Å²) in [6, 6.07) is 2.04. The molecular weight excluding hydrogens is 190 g/mol. The zero-order chi connectivity index (χ0) is 10.1. The van der Waals surface area contributed by atoms with E-state index in [-0.39, 0.29) is 24.0 Å². The van der Waals surface area contributed by atoms with Crippen LogP contribution in [0.5, 0.6) is 0 Å². The Morgan fingerprint density at radius 3 is 2.62 bits per heavy atom. The lowest BCUT2D eigenvalue weighted by Crippen LogP contribution is -2.30. The number of nitriles is 1. The standard InChI is InChI=1S/C8H13NO3S/c1-7(4-10)8(5-9)2-3-13(11,12)6-8/h7,10H,2-4,6H2,1H3. The Morgan fingerprint density at radius 2 is 2.31 bits per heavy atom. The van der Waals surface area contributed by atoms with Gasteiger partial charge in [-0.15, -0.1) is 0 Å². The SMILES string of the molecule is CC(CO)C1(C#N)CCS(=O)(=O)C1. The molecule has 2 atom stereocenters. The zero-order valence-electron chi connectivity index (χ0n) is 7.52. The van der Waals surface area contributed by atoms with E-state index in [1.54, 1.807) is 6.92 Å². The fraction of sp³-hybridized carbons (Fsp3) is 0.875. The van der Waals surface area contributed by atoms with Crippen LogP contribution in [0.25, 0.3) is 0 Å². The van der Waals surface area contributed by atoms with Crippen molar-refractivity contribution in [2.24, 2.45) is 11.3 Å². The molecule has 0 radical (unpaired) electrons. The van der Waals surface area contributed by atoms with Gasteiger partial charge in [-0.1, -0.05) is 6.92 Å². The molecule has 0 bridgehead atoms. The van der Waals surface area contributed by atoms with Gasteiger partial charge in [-0.05, 0) is 12.3 Å². The van der Waals surface area contributed by atoms with E-state index in [4.69, 9.17) is 10.4 Å². The number of nitrogens with zero attached hydrogens (tertiary/aromatic N) is 1. The quantitative estimate of drug-likeness (QED) is 0.682. The van der Waals surface area contributed by atoms with E-state index in [1.807, 2.05) is 6.07 Å². The summed E-state index contributed by atoms with van der Waals surface area (Å²) in [6.45, 7) is 1.58. The molecule has 0 spiro atoms. The second-order valence-electron chi connectivity index (χ2n) is 3.69. The molecule has 1 heterocycles. The van der Waals surface area contributed by atoms with E-state index < -0.39 is 15.3 Å². The largest absolute Gasteiger partial charge is 0.396 e. The van der Waals surface area contributed by atoms with Gasteiger partial charge in [-0.3, -0.25) is 0 Å². The Labute approximate surface area is 78.1 Å². The normalized spacial score (nSPS) is 33.9. The van der Waals surface area contributed by atoms with Crippen LogP contribution in [-0.4, -0.2) is 31.6 Å². The highest BCUT2D eigenvalue weighted by molar-refractivity contribution is 7.91. The third kappa shape index (κ3) is 1.84. The summed E-state index contributed by atoms with van der Waals surface area (Å²) in [5.74, 6) is -0.293. The lowest BCUT2D eigenvalue weighted by atomic mass is 9.78. The number of rotatable bonds is 2. The summed E-state index contributed by atoms with van der Waals surface area (Å²) in [5, 5.41) is 17.8. The van der Waals surface area contributed by atoms with Crippen LogP contribution >= 0.6 is 0 Å². The zero-order valence-corrected chi connectivity index (χ0v) is 8.34. The molecule has 1 rings (SSSR count). The lowest BCUT2D eigenvalue weighted by Gasteiger charge is -2.24. The molecule has 1 saturated heterocycles. The van der Waals surface area contributed by atoms with Gasteiger partial charge in [-0.2, -0.15) is 5.26 Å². The molecule has 1 fully saturated rings. The fourth-order valence-electron chi connectivity index (χ4n) is 1.64. The van der Waals surface area contributed by atoms with Crippen molar-refractivity contribution in [2.75, 3.05) is 18.1 Å². The molecule has 0 amide bonds. The molecule has 0 aromatic heterocycles. The topological polar surface area (TPSA) is 78.2 Å². The van der Waals surface area contributed by atoms with Crippen LogP contribution in [0.15, 0.2) is 0 Å². The Morgan fingerprint density at radius 1 is 1.69 bits per heavy atom. The van der Waals surface area contributed by atoms with E-state index >= 15 is 0 Å². The molecule has 1 aliphatic rings. The first kappa shape index (κ1) is 10.5. The molecule has 0 aliphatic carbocycles. The van der Waals surface area contributed by atoms with Crippen LogP contribution in [-0.2, 0) is 9.84 Å². The Balaban J connectivity index is 2.94. The highest BCUT2D eigenvalue weighted by Gasteiger charge is 2.46. The summed E-state index contributed by atoms with van der Waals surface area (Å²) in [5.41, 5.74) is -0.854. The monoisotopic (exact) mass is 203 g/mol. The molecule has 13 heavy (non-hydrogen) atoms. The Hall–Kier alpha value is -0.600. The van der Waals surface area contributed by atoms with E-state index in [0.29, 0.717) is 6.42 Å². The first-order chi connectivity index (χ1) is 5.96. The van der Waals surface area contributed by atoms with Gasteiger partial charge in [0.15, 0.2) is 9.84 Å². The summed E-state index contributed by atoms with van der Waals surface area (Å²) < 4.78 is 22.4. The number of aliphatic hydroxyl groups excluding tert-OH is 1. The third-order valence-corrected chi connectivity index (χ3v) is 4.56. The van der Waals surface area contributed by atoms with Gasteiger partial charge in [0, 0.05) is 6.61 Å². The second kappa shape index (κ2) is 3.28. The van der Waals surface area contributed by atoms with Crippen LogP contribution < -0.4 is 0 Å². The van der Waals surface area contributed by atoms with Crippen LogP contribution in [0.3, 0.4) is 0 Å². The lowest BCUT2D eigenvalue weighted by molar-refractivity contribution is 0.162. The van der Waals surface area contributed by atoms with Crippen LogP contribution in [0.1, 0.15) is 13.3 Å². The number of aliphatic hydroxyl groups is 1. The van der Waals surface area contributed by atoms with Gasteiger partial charge < -0.3 is 5.11 Å². The summed E-state index contributed by atoms with van der Waals surface area (Å²) >= 11 is 0. The predicted molar refractivity (Wildman–Crippen MR) is 47.6 cm³/mol. The van der Waals surface area contributed by atoms with Crippen molar-refractivity contribution in [3.63, 3.8) is 0 Å². The van der Waals surface area contributed by atoms with Crippen molar-refractivity contribution in [3.8, 4) is 6.07 Å². The van der Waals surface area contributed by atoms with Crippen molar-refractivity contribution < 1.29 is 13.5 Å². The molecule has 1 N–H and O–H groups in total. The average molecular weight is 203 g/mol. The molecule has 4 nitrogen and oxygen atoms in total. The predicted octanol–water partition coefficient (Wildman–Crippen LogP) is -0.0567. The maximum Gasteiger partial charge on any atom is 0.151 e. The minimum absolute atomic E-state index is 0.0743. The van der Waals surface area contributed by atoms with E-state index in [0.717, 1.165) is 0 Å². The van der Waals surface area contributed by atoms with Crippen molar-refractivity contribution in [2.45, 2.75) is 13.3 Å². The summed E-state index contributed by atoms with van der Waals surface area (Å²) in [4.78, 5) is 0. The molecule has 5 heteroatoms. The van der Waals surface area contributed by atoms with E-state index in [2.05, 4.69) is 0 Å². The van der Waals surface area contributed by atoms with Crippen LogP contribution in [0, 0.1) is 22.7 Å². The molecule has 0 aromatic carbocycles. The van der Waals surface area contributed by atoms with Gasteiger partial charge >= 0.3 is 0 Å². The van der Waals surface area contributed by atoms with Crippen molar-refractivity contribution in [1.82, 2.24) is 0 Å². The van der Waals surface area contributed by atoms with E-state index in [9.17, 15) is 8.42 Å². The Kier molecular flexibility index (Phi) is 2.64. The van der Waals surface area contributed by atoms with Gasteiger partial charge in [-0.25, -0.2) is 8.42 Å². The van der Waals surface area contributed by atoms with E-state index in [1.165, 1.54) is 0 Å². The van der Waals surface area contributed by atoms with Crippen LogP contribution in [0.4, 0.5) is 0 Å². The fourth-order valence-corrected chi connectivity index (χ4v) is 3.73. The van der Waals surface area contributed by atoms with Gasteiger partial charge in [0.1, 0.15) is 0 Å². The second-order valence-corrected chi connectivity index (χ2v) is 5.88. The average Bonchev–Trinajstić information content (AvgIpc) is 2.41. The minimum atomic E-state index is -3.05. The van der Waals surface area contributed by atoms with Crippen molar-refractivity contribution in [1.29, 1.82) is 5.26 Å². The van der Waals surface area contributed by atoms with Gasteiger partial charge in [0.2, 0.25) is 0 Å². The minimum Gasteiger partial charge on any atom is -0.396 e. The maximum atomic E-state index is 11.2. The third-order valence-electron chi connectivity index (χ3n) is 2.78. The highest BCUT2D eigenvalue weighted by atomic mass is 32.2. The Bertz CT molecular complexity index is 330.